The summed E-state index contributed by atoms with van der Waals surface area (Å²) in [5.41, 5.74) is -8.82. The van der Waals surface area contributed by atoms with Crippen LogP contribution in [0.1, 0.15) is 79.2 Å². The molecular formula is C44H58O13. The molecule has 1 unspecified atom stereocenters. The summed E-state index contributed by atoms with van der Waals surface area (Å²) in [4.78, 5) is 26.7. The van der Waals surface area contributed by atoms with E-state index in [0.29, 0.717) is 18.4 Å². The number of hydrogen-bond donors (Lipinski definition) is 5. The van der Waals surface area contributed by atoms with E-state index in [-0.39, 0.29) is 48.9 Å². The first kappa shape index (κ1) is 39.7. The zero-order valence-corrected chi connectivity index (χ0v) is 33.5. The molecule has 4 saturated heterocycles. The first-order valence-corrected chi connectivity index (χ1v) is 20.9. The van der Waals surface area contributed by atoms with E-state index in [9.17, 15) is 35.1 Å². The number of allylic oxidation sites excluding steroid dienone is 2. The second-order valence-electron chi connectivity index (χ2n) is 19.3. The van der Waals surface area contributed by atoms with Crippen LogP contribution in [0.2, 0.25) is 0 Å². The van der Waals surface area contributed by atoms with Gasteiger partial charge in [-0.25, -0.2) is 4.79 Å². The molecule has 19 atom stereocenters. The molecule has 13 heteroatoms. The fourth-order valence-corrected chi connectivity index (χ4v) is 13.0. The van der Waals surface area contributed by atoms with Crippen LogP contribution in [-0.2, 0) is 44.0 Å². The van der Waals surface area contributed by atoms with Crippen LogP contribution in [0.25, 0.3) is 0 Å². The molecule has 4 aliphatic carbocycles. The molecular weight excluding hydrogens is 736 g/mol. The van der Waals surface area contributed by atoms with Gasteiger partial charge in [-0.15, -0.1) is 0 Å². The quantitative estimate of drug-likeness (QED) is 0.216. The molecule has 0 amide bonds. The minimum absolute atomic E-state index is 0.0620. The minimum atomic E-state index is -2.21. The Bertz CT molecular complexity index is 1830. The number of aliphatic hydroxyl groups excluding tert-OH is 2. The minimum Gasteiger partial charge on any atom is -0.458 e. The first-order chi connectivity index (χ1) is 26.9. The molecule has 4 saturated carbocycles. The van der Waals surface area contributed by atoms with Crippen molar-refractivity contribution in [2.75, 3.05) is 6.61 Å². The molecule has 0 radical (unpaired) electrons. The maximum absolute atomic E-state index is 13.7. The molecule has 10 rings (SSSR count). The second kappa shape index (κ2) is 13.1. The van der Waals surface area contributed by atoms with Gasteiger partial charge in [-0.3, -0.25) is 4.79 Å². The van der Waals surface area contributed by atoms with Gasteiger partial charge in [-0.2, -0.15) is 0 Å². The van der Waals surface area contributed by atoms with Crippen LogP contribution < -0.4 is 0 Å². The van der Waals surface area contributed by atoms with Crippen molar-refractivity contribution >= 4 is 11.9 Å². The highest BCUT2D eigenvalue weighted by Gasteiger charge is 2.91. The van der Waals surface area contributed by atoms with E-state index in [1.807, 2.05) is 45.9 Å². The highest BCUT2D eigenvalue weighted by Crippen LogP contribution is 2.75. The predicted molar refractivity (Wildman–Crippen MR) is 200 cm³/mol. The van der Waals surface area contributed by atoms with Gasteiger partial charge in [0.15, 0.2) is 0 Å². The van der Waals surface area contributed by atoms with Gasteiger partial charge in [0.2, 0.25) is 0 Å². The molecule has 8 fully saturated rings. The van der Waals surface area contributed by atoms with Gasteiger partial charge in [0.05, 0.1) is 17.8 Å². The van der Waals surface area contributed by atoms with Gasteiger partial charge in [0.1, 0.15) is 53.4 Å². The predicted octanol–water partition coefficient (Wildman–Crippen LogP) is 3.04. The third-order valence-electron chi connectivity index (χ3n) is 15.8. The van der Waals surface area contributed by atoms with E-state index >= 15 is 0 Å². The molecule has 5 aliphatic heterocycles. The Balaban J connectivity index is 1.22. The van der Waals surface area contributed by atoms with Crippen LogP contribution in [0.15, 0.2) is 54.6 Å². The Morgan fingerprint density at radius 2 is 1.68 bits per heavy atom. The number of hydrogen-bond acceptors (Lipinski definition) is 13. The van der Waals surface area contributed by atoms with Crippen molar-refractivity contribution in [3.8, 4) is 0 Å². The number of carbonyl (C=O) groups is 2. The summed E-state index contributed by atoms with van der Waals surface area (Å²) in [6.07, 6.45) is 1.15. The summed E-state index contributed by atoms with van der Waals surface area (Å²) in [6, 6.07) is 9.04. The molecule has 5 N–H and O–H groups in total. The van der Waals surface area contributed by atoms with Crippen molar-refractivity contribution in [3.63, 3.8) is 0 Å². The Kier molecular flexibility index (Phi) is 9.16. The third kappa shape index (κ3) is 5.26. The highest BCUT2D eigenvalue weighted by molar-refractivity contribution is 5.82. The van der Waals surface area contributed by atoms with Gasteiger partial charge >= 0.3 is 17.9 Å². The summed E-state index contributed by atoms with van der Waals surface area (Å²) < 4.78 is 39.5. The SMILES string of the molecule is CC(C)CC(=O)O[C@H]1/C=C/C=C/C(=O)O[C@H]2[C@@H](C)C[C@@H]3[C@]2(O)[C@H](O)[C@@]2(CO)O[C@H]2[C@H]2[C@H]4OC5(c6ccccc6)O[C@@H]([C@@H](C)[C@@]23O5)[C@@]4(O)[C@](C)(O)C[C@H]2CC[C@@H]1[C@H]2C. The van der Waals surface area contributed by atoms with Crippen molar-refractivity contribution in [2.45, 2.75) is 144 Å². The summed E-state index contributed by atoms with van der Waals surface area (Å²) in [5.74, 6) is -6.33. The number of esters is 2. The third-order valence-corrected chi connectivity index (χ3v) is 15.8. The number of carbonyl (C=O) groups excluding carboxylic acids is 2. The Hall–Kier alpha value is -2.72. The molecule has 1 aromatic rings. The zero-order valence-electron chi connectivity index (χ0n) is 33.5. The fraction of sp³-hybridized carbons (Fsp3) is 0.727. The molecule has 1 aromatic carbocycles. The normalized spacial score (nSPS) is 54.4. The lowest BCUT2D eigenvalue weighted by Crippen LogP contribution is -2.89. The zero-order chi connectivity index (χ0) is 40.7. The molecule has 312 valence electrons. The molecule has 9 aliphatic rings. The van der Waals surface area contributed by atoms with Crippen LogP contribution in [0, 0.1) is 47.3 Å². The summed E-state index contributed by atoms with van der Waals surface area (Å²) >= 11 is 0. The molecule has 1 spiro atoms. The van der Waals surface area contributed by atoms with E-state index in [1.165, 1.54) is 12.2 Å². The van der Waals surface area contributed by atoms with Crippen LogP contribution >= 0.6 is 0 Å². The van der Waals surface area contributed by atoms with Crippen molar-refractivity contribution in [1.82, 2.24) is 0 Å². The molecule has 13 nitrogen and oxygen atoms in total. The van der Waals surface area contributed by atoms with Crippen LogP contribution in [0.3, 0.4) is 0 Å². The number of ether oxygens (including phenoxy) is 6. The van der Waals surface area contributed by atoms with Crippen molar-refractivity contribution in [2.24, 2.45) is 47.3 Å². The van der Waals surface area contributed by atoms with Gasteiger partial charge < -0.3 is 54.0 Å². The number of aliphatic hydroxyl groups is 5. The van der Waals surface area contributed by atoms with Gasteiger partial charge in [-0.05, 0) is 62.4 Å². The lowest BCUT2D eigenvalue weighted by molar-refractivity contribution is -0.595. The number of rotatable bonds is 5. The average Bonchev–Trinajstić information content (AvgIpc) is 3.72. The standard InChI is InChI=1S/C44H58O13/c1-22(2)18-32(47)52-29-14-10-11-15-31(46)53-34-23(3)19-30-41(34,50)38(48)40(21-45)36(54-40)33-37-43(51,39(6,49)20-26-16-17-28(29)24(26)4)35-25(5)42(30,33)57-44(55-35,56-37)27-12-8-7-9-13-27/h7-15,22-26,28-30,33-38,45,48-51H,16-21H2,1-6H3/b14-10+,15-11+/t23-,24-,25+,26+,28+,29-,30+,33-,34-,35-,36-,37+,38+,39+,40-,41+,42-,43-,44?/m0/s1. The van der Waals surface area contributed by atoms with Crippen LogP contribution in [-0.4, -0.2) is 109 Å². The Morgan fingerprint density at radius 3 is 2.39 bits per heavy atom. The monoisotopic (exact) mass is 794 g/mol. The van der Waals surface area contributed by atoms with Crippen molar-refractivity contribution in [3.05, 3.63) is 60.2 Å². The van der Waals surface area contributed by atoms with Gasteiger partial charge in [0, 0.05) is 41.7 Å². The second-order valence-corrected chi connectivity index (χ2v) is 19.3. The van der Waals surface area contributed by atoms with Crippen molar-refractivity contribution < 1.29 is 63.5 Å². The number of fused-ring (bicyclic) bond motifs is 3. The topological polar surface area (TPSA) is 194 Å². The lowest BCUT2D eigenvalue weighted by Gasteiger charge is -2.74. The average molecular weight is 795 g/mol. The molecule has 5 heterocycles. The van der Waals surface area contributed by atoms with Crippen LogP contribution in [0.5, 0.6) is 0 Å². The van der Waals surface area contributed by atoms with Gasteiger partial charge in [-0.1, -0.05) is 77.1 Å². The van der Waals surface area contributed by atoms with Gasteiger partial charge in [0.25, 0.3) is 0 Å². The summed E-state index contributed by atoms with van der Waals surface area (Å²) in [7, 11) is 0. The van der Waals surface area contributed by atoms with E-state index < -0.39 is 107 Å². The van der Waals surface area contributed by atoms with Crippen LogP contribution in [0.4, 0.5) is 0 Å². The molecule has 0 aromatic heterocycles. The fourth-order valence-electron chi connectivity index (χ4n) is 13.0. The van der Waals surface area contributed by atoms with E-state index in [1.54, 1.807) is 31.2 Å². The summed E-state index contributed by atoms with van der Waals surface area (Å²) in [5, 5.41) is 63.3. The lowest BCUT2D eigenvalue weighted by atomic mass is 9.49. The smallest absolute Gasteiger partial charge is 0.331 e. The van der Waals surface area contributed by atoms with Crippen molar-refractivity contribution in [1.29, 1.82) is 0 Å². The number of benzene rings is 1. The first-order valence-electron chi connectivity index (χ1n) is 20.9. The summed E-state index contributed by atoms with van der Waals surface area (Å²) in [6.45, 7) is 10.6. The molecule has 10 bridgehead atoms. The molecule has 57 heavy (non-hydrogen) atoms. The Labute approximate surface area is 333 Å². The van der Waals surface area contributed by atoms with E-state index in [2.05, 4.69) is 6.92 Å². The van der Waals surface area contributed by atoms with E-state index in [4.69, 9.17) is 28.4 Å². The largest absolute Gasteiger partial charge is 0.458 e. The maximum Gasteiger partial charge on any atom is 0.331 e. The maximum atomic E-state index is 13.7. The number of epoxide rings is 1. The highest BCUT2D eigenvalue weighted by atomic mass is 16.9. The van der Waals surface area contributed by atoms with E-state index in [0.717, 1.165) is 0 Å². The Morgan fingerprint density at radius 1 is 0.965 bits per heavy atom.